The van der Waals surface area contributed by atoms with E-state index in [1.807, 2.05) is 13.8 Å². The lowest BCUT2D eigenvalue weighted by Crippen LogP contribution is -2.33. The lowest BCUT2D eigenvalue weighted by Gasteiger charge is -2.24. The normalized spacial score (nSPS) is 22.8. The molecule has 0 saturated heterocycles. The van der Waals surface area contributed by atoms with Crippen LogP contribution in [-0.4, -0.2) is 30.9 Å². The summed E-state index contributed by atoms with van der Waals surface area (Å²) in [5.74, 6) is -1.42. The van der Waals surface area contributed by atoms with Crippen LogP contribution >= 0.6 is 0 Å². The maximum absolute atomic E-state index is 11.5. The average molecular weight is 240 g/mol. The molecule has 94 valence electrons. The number of esters is 2. The van der Waals surface area contributed by atoms with E-state index in [2.05, 4.69) is 4.74 Å². The van der Waals surface area contributed by atoms with Crippen LogP contribution in [0.2, 0.25) is 0 Å². The van der Waals surface area contributed by atoms with Crippen LogP contribution in [0.25, 0.3) is 0 Å². The zero-order valence-corrected chi connectivity index (χ0v) is 10.2. The first-order valence-electron chi connectivity index (χ1n) is 5.36. The quantitative estimate of drug-likeness (QED) is 0.544. The van der Waals surface area contributed by atoms with Crippen molar-refractivity contribution in [1.82, 2.24) is 0 Å². The minimum atomic E-state index is -0.725. The van der Waals surface area contributed by atoms with E-state index < -0.39 is 18.0 Å². The van der Waals surface area contributed by atoms with E-state index in [1.54, 1.807) is 0 Å². The van der Waals surface area contributed by atoms with Crippen LogP contribution in [0.4, 0.5) is 0 Å². The third-order valence-corrected chi connectivity index (χ3v) is 2.81. The molecule has 17 heavy (non-hydrogen) atoms. The van der Waals surface area contributed by atoms with Gasteiger partial charge in [-0.25, -0.2) is 9.59 Å². The van der Waals surface area contributed by atoms with E-state index >= 15 is 0 Å². The zero-order chi connectivity index (χ0) is 13.1. The van der Waals surface area contributed by atoms with Gasteiger partial charge in [0.05, 0.1) is 7.11 Å². The van der Waals surface area contributed by atoms with Gasteiger partial charge < -0.3 is 9.47 Å². The second-order valence-electron chi connectivity index (χ2n) is 4.63. The van der Waals surface area contributed by atoms with Crippen molar-refractivity contribution in [3.63, 3.8) is 0 Å². The van der Waals surface area contributed by atoms with Crippen LogP contribution in [0.5, 0.6) is 0 Å². The summed E-state index contributed by atoms with van der Waals surface area (Å²) in [4.78, 5) is 33.7. The highest BCUT2D eigenvalue weighted by atomic mass is 16.5. The van der Waals surface area contributed by atoms with Gasteiger partial charge in [0, 0.05) is 24.0 Å². The lowest BCUT2D eigenvalue weighted by molar-refractivity contribution is -0.153. The summed E-state index contributed by atoms with van der Waals surface area (Å²) in [6.45, 7) is 3.75. The molecule has 5 heteroatoms. The van der Waals surface area contributed by atoms with Gasteiger partial charge in [0.25, 0.3) is 0 Å². The van der Waals surface area contributed by atoms with E-state index in [9.17, 15) is 14.4 Å². The Morgan fingerprint density at radius 2 is 1.88 bits per heavy atom. The first kappa shape index (κ1) is 13.4. The Balaban J connectivity index is 2.60. The summed E-state index contributed by atoms with van der Waals surface area (Å²) in [6, 6.07) is 0. The summed E-state index contributed by atoms with van der Waals surface area (Å²) in [7, 11) is 1.21. The van der Waals surface area contributed by atoms with E-state index in [-0.39, 0.29) is 11.2 Å². The smallest absolute Gasteiger partial charge is 0.331 e. The molecule has 1 rings (SSSR count). The van der Waals surface area contributed by atoms with Crippen molar-refractivity contribution in [3.05, 3.63) is 12.2 Å². The first-order valence-corrected chi connectivity index (χ1v) is 5.36. The van der Waals surface area contributed by atoms with Gasteiger partial charge in [0.2, 0.25) is 0 Å². The van der Waals surface area contributed by atoms with Crippen molar-refractivity contribution in [2.45, 2.75) is 32.8 Å². The van der Waals surface area contributed by atoms with E-state index in [0.717, 1.165) is 12.2 Å². The van der Waals surface area contributed by atoms with Crippen molar-refractivity contribution in [1.29, 1.82) is 0 Å². The van der Waals surface area contributed by atoms with E-state index in [1.165, 1.54) is 7.11 Å². The fourth-order valence-corrected chi connectivity index (χ4v) is 1.73. The average Bonchev–Trinajstić information content (AvgIpc) is 2.53. The summed E-state index contributed by atoms with van der Waals surface area (Å²) in [6.07, 6.45) is 2.33. The van der Waals surface area contributed by atoms with Gasteiger partial charge in [0.15, 0.2) is 11.9 Å². The molecule has 1 saturated carbocycles. The summed E-state index contributed by atoms with van der Waals surface area (Å²) in [5.41, 5.74) is -0.341. The van der Waals surface area contributed by atoms with Crippen LogP contribution in [0.1, 0.15) is 26.7 Å². The topological polar surface area (TPSA) is 69.7 Å². The molecule has 1 fully saturated rings. The molecule has 0 bridgehead atoms. The molecule has 5 nitrogen and oxygen atoms in total. The molecule has 1 aliphatic carbocycles. The summed E-state index contributed by atoms with van der Waals surface area (Å²) >= 11 is 0. The number of ketones is 1. The van der Waals surface area contributed by atoms with Crippen LogP contribution < -0.4 is 0 Å². The maximum atomic E-state index is 11.5. The maximum Gasteiger partial charge on any atom is 0.331 e. The lowest BCUT2D eigenvalue weighted by atomic mass is 9.89. The van der Waals surface area contributed by atoms with Crippen molar-refractivity contribution < 1.29 is 23.9 Å². The number of Topliss-reactive ketones (excluding diaryl/α,β-unsaturated/α-hetero) is 1. The van der Waals surface area contributed by atoms with Crippen molar-refractivity contribution in [3.8, 4) is 0 Å². The molecule has 0 unspecified atom stereocenters. The molecular formula is C12H16O5. The Hall–Kier alpha value is -1.65. The van der Waals surface area contributed by atoms with E-state index in [4.69, 9.17) is 4.74 Å². The molecule has 0 spiro atoms. The molecular weight excluding hydrogens is 224 g/mol. The van der Waals surface area contributed by atoms with Gasteiger partial charge >= 0.3 is 11.9 Å². The number of rotatable bonds is 3. The predicted molar refractivity (Wildman–Crippen MR) is 59.1 cm³/mol. The van der Waals surface area contributed by atoms with Crippen LogP contribution in [0, 0.1) is 5.41 Å². The SMILES string of the molecule is COC(=O)/C=C/C(=O)O[C@@H]1C(=O)CCC1(C)C. The molecule has 1 aliphatic rings. The number of hydrogen-bond donors (Lipinski definition) is 0. The third kappa shape index (κ3) is 3.41. The Bertz CT molecular complexity index is 367. The second-order valence-corrected chi connectivity index (χ2v) is 4.63. The standard InChI is InChI=1S/C12H16O5/c1-12(2)7-6-8(13)11(12)17-10(15)5-4-9(14)16-3/h4-5,11H,6-7H2,1-3H3/b5-4+/t11-/m1/s1. The Morgan fingerprint density at radius 3 is 2.35 bits per heavy atom. The molecule has 0 aliphatic heterocycles. The number of methoxy groups -OCH3 is 1. The minimum Gasteiger partial charge on any atom is -0.466 e. The highest BCUT2D eigenvalue weighted by Gasteiger charge is 2.43. The number of ether oxygens (including phenoxy) is 2. The molecule has 1 atom stereocenters. The van der Waals surface area contributed by atoms with Gasteiger partial charge in [-0.05, 0) is 6.42 Å². The second kappa shape index (κ2) is 5.12. The molecule has 0 aromatic rings. The zero-order valence-electron chi connectivity index (χ0n) is 10.2. The van der Waals surface area contributed by atoms with Gasteiger partial charge in [-0.3, -0.25) is 4.79 Å². The first-order chi connectivity index (χ1) is 7.86. The number of carbonyl (C=O) groups is 3. The van der Waals surface area contributed by atoms with Gasteiger partial charge in [-0.15, -0.1) is 0 Å². The van der Waals surface area contributed by atoms with Gasteiger partial charge in [0.1, 0.15) is 0 Å². The molecule has 0 N–H and O–H groups in total. The fraction of sp³-hybridized carbons (Fsp3) is 0.583. The Kier molecular flexibility index (Phi) is 4.04. The molecule has 0 aromatic heterocycles. The largest absolute Gasteiger partial charge is 0.466 e. The van der Waals surface area contributed by atoms with Gasteiger partial charge in [-0.2, -0.15) is 0 Å². The highest BCUT2D eigenvalue weighted by Crippen LogP contribution is 2.37. The fourth-order valence-electron chi connectivity index (χ4n) is 1.73. The van der Waals surface area contributed by atoms with Crippen LogP contribution in [0.15, 0.2) is 12.2 Å². The number of carbonyl (C=O) groups excluding carboxylic acids is 3. The minimum absolute atomic E-state index is 0.0742. The molecule has 0 heterocycles. The Labute approximate surface area is 99.8 Å². The third-order valence-electron chi connectivity index (χ3n) is 2.81. The highest BCUT2D eigenvalue weighted by molar-refractivity contribution is 5.94. The number of hydrogen-bond acceptors (Lipinski definition) is 5. The van der Waals surface area contributed by atoms with Gasteiger partial charge in [-0.1, -0.05) is 13.8 Å². The Morgan fingerprint density at radius 1 is 1.29 bits per heavy atom. The monoisotopic (exact) mass is 240 g/mol. The summed E-state index contributed by atoms with van der Waals surface area (Å²) < 4.78 is 9.38. The van der Waals surface area contributed by atoms with Crippen molar-refractivity contribution >= 4 is 17.7 Å². The van der Waals surface area contributed by atoms with Crippen molar-refractivity contribution in [2.75, 3.05) is 7.11 Å². The molecule has 0 aromatic carbocycles. The van der Waals surface area contributed by atoms with Crippen molar-refractivity contribution in [2.24, 2.45) is 5.41 Å². The molecule has 0 amide bonds. The predicted octanol–water partition coefficient (Wildman–Crippen LogP) is 1.02. The van der Waals surface area contributed by atoms with Crippen LogP contribution in [0.3, 0.4) is 0 Å². The summed E-state index contributed by atoms with van der Waals surface area (Å²) in [5, 5.41) is 0. The van der Waals surface area contributed by atoms with Crippen LogP contribution in [-0.2, 0) is 23.9 Å². The molecule has 0 radical (unpaired) electrons. The van der Waals surface area contributed by atoms with E-state index in [0.29, 0.717) is 12.8 Å².